The molecule has 0 bridgehead atoms. The van der Waals surface area contributed by atoms with Crippen LogP contribution in [-0.4, -0.2) is 38.1 Å². The van der Waals surface area contributed by atoms with Crippen molar-refractivity contribution in [2.45, 2.75) is 32.1 Å². The highest BCUT2D eigenvalue weighted by Crippen LogP contribution is 2.32. The summed E-state index contributed by atoms with van der Waals surface area (Å²) < 4.78 is 63.1. The number of hydrogen-bond acceptors (Lipinski definition) is 3. The normalized spacial score (nSPS) is 15.7. The second-order valence-electron chi connectivity index (χ2n) is 7.18. The zero-order valence-electron chi connectivity index (χ0n) is 16.0. The van der Waals surface area contributed by atoms with Gasteiger partial charge in [0.25, 0.3) is 0 Å². The first-order valence-corrected chi connectivity index (χ1v) is 10.9. The monoisotopic (exact) mass is 426 g/mol. The Balaban J connectivity index is 1.75. The molecule has 1 aliphatic heterocycles. The molecule has 1 aliphatic rings. The lowest BCUT2D eigenvalue weighted by Gasteiger charge is -2.31. The third-order valence-corrected chi connectivity index (χ3v) is 5.62. The van der Waals surface area contributed by atoms with Gasteiger partial charge in [-0.1, -0.05) is 30.3 Å². The number of hydrogen-bond donors (Lipinski definition) is 1. The van der Waals surface area contributed by atoms with Gasteiger partial charge in [-0.2, -0.15) is 13.2 Å². The number of nitrogens with one attached hydrogen (secondary N) is 1. The zero-order valence-corrected chi connectivity index (χ0v) is 16.8. The Morgan fingerprint density at radius 1 is 1.07 bits per heavy atom. The maximum absolute atomic E-state index is 12.7. The standard InChI is InChI=1S/C20H21F3N2O3S/c1-13(24-29(2,27)28)19(26)25-10-9-16-11-15(3-4-17(16)12-25)14-5-7-18(8-6-14)20(21,22)23/h3-8,11,13,24H,9-10,12H2,1-2H3/t13-/m1/s1. The molecule has 1 amide bonds. The van der Waals surface area contributed by atoms with E-state index in [-0.39, 0.29) is 5.91 Å². The lowest BCUT2D eigenvalue weighted by Crippen LogP contribution is -2.48. The van der Waals surface area contributed by atoms with Gasteiger partial charge in [-0.3, -0.25) is 4.79 Å². The van der Waals surface area contributed by atoms with Crippen molar-refractivity contribution in [3.8, 4) is 11.1 Å². The van der Waals surface area contributed by atoms with Gasteiger partial charge in [0.05, 0.1) is 17.9 Å². The van der Waals surface area contributed by atoms with Crippen LogP contribution in [0.4, 0.5) is 13.2 Å². The van der Waals surface area contributed by atoms with Gasteiger partial charge < -0.3 is 4.90 Å². The van der Waals surface area contributed by atoms with Crippen molar-refractivity contribution in [1.82, 2.24) is 9.62 Å². The molecule has 1 heterocycles. The summed E-state index contributed by atoms with van der Waals surface area (Å²) in [6.07, 6.45) is -2.78. The third-order valence-electron chi connectivity index (χ3n) is 4.84. The van der Waals surface area contributed by atoms with Crippen molar-refractivity contribution in [2.24, 2.45) is 0 Å². The summed E-state index contributed by atoms with van der Waals surface area (Å²) in [5, 5.41) is 0. The van der Waals surface area contributed by atoms with Crippen LogP contribution < -0.4 is 4.72 Å². The third kappa shape index (κ3) is 5.16. The van der Waals surface area contributed by atoms with E-state index in [4.69, 9.17) is 0 Å². The summed E-state index contributed by atoms with van der Waals surface area (Å²) in [7, 11) is -3.48. The molecule has 2 aromatic rings. The first-order chi connectivity index (χ1) is 13.4. The topological polar surface area (TPSA) is 66.5 Å². The molecule has 0 unspecified atom stereocenters. The van der Waals surface area contributed by atoms with Crippen LogP contribution in [0.5, 0.6) is 0 Å². The summed E-state index contributed by atoms with van der Waals surface area (Å²) in [5.41, 5.74) is 2.77. The Labute approximate surface area is 167 Å². The number of amides is 1. The lowest BCUT2D eigenvalue weighted by molar-refractivity contribution is -0.137. The number of carbonyl (C=O) groups is 1. The van der Waals surface area contributed by atoms with Crippen molar-refractivity contribution in [2.75, 3.05) is 12.8 Å². The van der Waals surface area contributed by atoms with Crippen molar-refractivity contribution < 1.29 is 26.4 Å². The minimum absolute atomic E-state index is 0.298. The van der Waals surface area contributed by atoms with Gasteiger partial charge in [-0.25, -0.2) is 13.1 Å². The van der Waals surface area contributed by atoms with Crippen LogP contribution in [0.1, 0.15) is 23.6 Å². The highest BCUT2D eigenvalue weighted by molar-refractivity contribution is 7.88. The van der Waals surface area contributed by atoms with Crippen LogP contribution >= 0.6 is 0 Å². The number of rotatable bonds is 4. The van der Waals surface area contributed by atoms with Gasteiger partial charge in [-0.15, -0.1) is 0 Å². The molecule has 2 aromatic carbocycles. The molecule has 3 rings (SSSR count). The highest BCUT2D eigenvalue weighted by atomic mass is 32.2. The van der Waals surface area contributed by atoms with E-state index < -0.39 is 27.8 Å². The maximum Gasteiger partial charge on any atom is 0.416 e. The summed E-state index contributed by atoms with van der Waals surface area (Å²) in [6.45, 7) is 2.31. The van der Waals surface area contributed by atoms with E-state index >= 15 is 0 Å². The SMILES string of the molecule is C[C@@H](NS(C)(=O)=O)C(=O)N1CCc2cc(-c3ccc(C(F)(F)F)cc3)ccc2C1. The molecule has 0 aromatic heterocycles. The average Bonchev–Trinajstić information content (AvgIpc) is 2.64. The predicted octanol–water partition coefficient (Wildman–Crippen LogP) is 3.19. The quantitative estimate of drug-likeness (QED) is 0.817. The first kappa shape index (κ1) is 21.3. The summed E-state index contributed by atoms with van der Waals surface area (Å²) >= 11 is 0. The summed E-state index contributed by atoms with van der Waals surface area (Å²) in [4.78, 5) is 14.1. The van der Waals surface area contributed by atoms with Gasteiger partial charge in [0.2, 0.25) is 15.9 Å². The maximum atomic E-state index is 12.7. The molecule has 0 saturated carbocycles. The molecule has 0 saturated heterocycles. The van der Waals surface area contributed by atoms with Crippen LogP contribution in [0, 0.1) is 0 Å². The Bertz CT molecular complexity index is 1020. The Hall–Kier alpha value is -2.39. The van der Waals surface area contributed by atoms with Gasteiger partial charge in [0, 0.05) is 13.1 Å². The largest absolute Gasteiger partial charge is 0.416 e. The van der Waals surface area contributed by atoms with E-state index in [9.17, 15) is 26.4 Å². The van der Waals surface area contributed by atoms with Crippen LogP contribution in [0.25, 0.3) is 11.1 Å². The van der Waals surface area contributed by atoms with E-state index in [1.165, 1.54) is 19.1 Å². The number of fused-ring (bicyclic) bond motifs is 1. The minimum atomic E-state index is -4.37. The Kier molecular flexibility index (Phi) is 5.73. The average molecular weight is 426 g/mol. The number of halogens is 3. The van der Waals surface area contributed by atoms with E-state index in [1.54, 1.807) is 4.90 Å². The van der Waals surface area contributed by atoms with Gasteiger partial charge in [0.15, 0.2) is 0 Å². The van der Waals surface area contributed by atoms with Gasteiger partial charge in [0.1, 0.15) is 0 Å². The molecule has 156 valence electrons. The van der Waals surface area contributed by atoms with Gasteiger partial charge >= 0.3 is 6.18 Å². The number of sulfonamides is 1. The van der Waals surface area contributed by atoms with Crippen molar-refractivity contribution in [1.29, 1.82) is 0 Å². The fraction of sp³-hybridized carbons (Fsp3) is 0.350. The van der Waals surface area contributed by atoms with Crippen LogP contribution in [-0.2, 0) is 34.0 Å². The second kappa shape index (κ2) is 7.79. The fourth-order valence-electron chi connectivity index (χ4n) is 3.42. The van der Waals surface area contributed by atoms with Gasteiger partial charge in [-0.05, 0) is 47.7 Å². The van der Waals surface area contributed by atoms with E-state index in [0.29, 0.717) is 25.1 Å². The molecular weight excluding hydrogens is 405 g/mol. The predicted molar refractivity (Wildman–Crippen MR) is 103 cm³/mol. The molecule has 0 radical (unpaired) electrons. The smallest absolute Gasteiger partial charge is 0.337 e. The zero-order chi connectivity index (χ0) is 21.4. The number of carbonyl (C=O) groups excluding carboxylic acids is 1. The van der Waals surface area contributed by atoms with Crippen molar-refractivity contribution in [3.05, 3.63) is 59.2 Å². The fourth-order valence-corrected chi connectivity index (χ4v) is 4.16. The van der Waals surface area contributed by atoms with E-state index in [0.717, 1.165) is 35.1 Å². The summed E-state index contributed by atoms with van der Waals surface area (Å²) in [6, 6.07) is 9.76. The number of benzene rings is 2. The first-order valence-electron chi connectivity index (χ1n) is 8.99. The molecule has 0 aliphatic carbocycles. The van der Waals surface area contributed by atoms with Crippen LogP contribution in [0.15, 0.2) is 42.5 Å². The molecule has 0 fully saturated rings. The Morgan fingerprint density at radius 3 is 2.28 bits per heavy atom. The lowest BCUT2D eigenvalue weighted by atomic mass is 9.94. The van der Waals surface area contributed by atoms with Crippen molar-refractivity contribution >= 4 is 15.9 Å². The molecule has 1 atom stereocenters. The van der Waals surface area contributed by atoms with E-state index in [1.807, 2.05) is 18.2 Å². The molecular formula is C20H21F3N2O3S. The molecule has 1 N–H and O–H groups in total. The van der Waals surface area contributed by atoms with Crippen LogP contribution in [0.3, 0.4) is 0 Å². The minimum Gasteiger partial charge on any atom is -0.337 e. The number of nitrogens with zero attached hydrogens (tertiary/aromatic N) is 1. The molecule has 5 nitrogen and oxygen atoms in total. The van der Waals surface area contributed by atoms with E-state index in [2.05, 4.69) is 4.72 Å². The number of alkyl halides is 3. The summed E-state index contributed by atoms with van der Waals surface area (Å²) in [5.74, 6) is -0.298. The molecule has 29 heavy (non-hydrogen) atoms. The Morgan fingerprint density at radius 2 is 1.69 bits per heavy atom. The highest BCUT2D eigenvalue weighted by Gasteiger charge is 2.30. The van der Waals surface area contributed by atoms with Crippen molar-refractivity contribution in [3.63, 3.8) is 0 Å². The van der Waals surface area contributed by atoms with Crippen LogP contribution in [0.2, 0.25) is 0 Å². The molecule has 0 spiro atoms. The second-order valence-corrected chi connectivity index (χ2v) is 8.96. The molecule has 9 heteroatoms.